The summed E-state index contributed by atoms with van der Waals surface area (Å²) in [6.07, 6.45) is 1.44. The van der Waals surface area contributed by atoms with Crippen molar-refractivity contribution in [3.63, 3.8) is 0 Å². The summed E-state index contributed by atoms with van der Waals surface area (Å²) in [7, 11) is 0. The van der Waals surface area contributed by atoms with E-state index < -0.39 is 6.10 Å². The Labute approximate surface area is 227 Å². The van der Waals surface area contributed by atoms with Crippen molar-refractivity contribution in [3.05, 3.63) is 96.2 Å². The largest absolute Gasteiger partial charge is 0.491 e. The summed E-state index contributed by atoms with van der Waals surface area (Å²) >= 11 is 0. The molecule has 5 N–H and O–H groups in total. The zero-order valence-corrected chi connectivity index (χ0v) is 21.5. The van der Waals surface area contributed by atoms with Gasteiger partial charge in [0.2, 0.25) is 0 Å². The maximum atomic E-state index is 12.5. The van der Waals surface area contributed by atoms with Crippen molar-refractivity contribution in [1.29, 1.82) is 0 Å². The van der Waals surface area contributed by atoms with Crippen LogP contribution in [0.15, 0.2) is 85.1 Å². The molecule has 4 rings (SSSR count). The predicted octanol–water partition coefficient (Wildman–Crippen LogP) is 2.68. The van der Waals surface area contributed by atoms with Gasteiger partial charge in [-0.3, -0.25) is 9.78 Å². The van der Waals surface area contributed by atoms with Crippen LogP contribution in [0.1, 0.15) is 15.9 Å². The quantitative estimate of drug-likeness (QED) is 0.168. The van der Waals surface area contributed by atoms with E-state index in [1.165, 1.54) is 0 Å². The minimum absolute atomic E-state index is 0.0816. The highest BCUT2D eigenvalue weighted by Gasteiger charge is 2.15. The normalized spacial score (nSPS) is 12.6. The number of ether oxygens (including phenoxy) is 2. The third-order valence-electron chi connectivity index (χ3n) is 6.05. The molecular weight excluding hydrogens is 498 g/mol. The van der Waals surface area contributed by atoms with Crippen LogP contribution in [-0.2, 0) is 6.42 Å². The van der Waals surface area contributed by atoms with E-state index >= 15 is 0 Å². The monoisotopic (exact) mass is 531 g/mol. The second kappa shape index (κ2) is 14.2. The Hall–Kier alpha value is -4.02. The second-order valence-electron chi connectivity index (χ2n) is 9.01. The summed E-state index contributed by atoms with van der Waals surface area (Å²) in [6, 6.07) is 23.6. The van der Waals surface area contributed by atoms with Gasteiger partial charge in [0.05, 0.1) is 24.3 Å². The first kappa shape index (κ1) is 28.0. The Bertz CT molecular complexity index is 1330. The van der Waals surface area contributed by atoms with Crippen LogP contribution in [0.4, 0.5) is 0 Å². The molecule has 0 unspecified atom stereocenters. The molecular formula is C30H33N3O6. The number of pyridine rings is 1. The highest BCUT2D eigenvalue weighted by Crippen LogP contribution is 2.30. The van der Waals surface area contributed by atoms with Crippen molar-refractivity contribution in [2.75, 3.05) is 32.9 Å². The molecule has 0 spiro atoms. The van der Waals surface area contributed by atoms with E-state index in [0.717, 1.165) is 5.56 Å². The molecule has 39 heavy (non-hydrogen) atoms. The zero-order chi connectivity index (χ0) is 27.5. The summed E-state index contributed by atoms with van der Waals surface area (Å²) in [5, 5.41) is 35.6. The molecule has 4 aromatic rings. The summed E-state index contributed by atoms with van der Waals surface area (Å²) in [5.74, 6) is 1.56. The van der Waals surface area contributed by atoms with Gasteiger partial charge in [0.15, 0.2) is 0 Å². The number of aromatic nitrogens is 1. The van der Waals surface area contributed by atoms with Gasteiger partial charge in [0.25, 0.3) is 5.91 Å². The van der Waals surface area contributed by atoms with E-state index in [-0.39, 0.29) is 44.9 Å². The van der Waals surface area contributed by atoms with Crippen LogP contribution >= 0.6 is 0 Å². The number of nitrogens with one attached hydrogen (secondary N) is 2. The highest BCUT2D eigenvalue weighted by molar-refractivity contribution is 6.06. The summed E-state index contributed by atoms with van der Waals surface area (Å²) in [5.41, 5.74) is 1.91. The average molecular weight is 532 g/mol. The maximum Gasteiger partial charge on any atom is 0.253 e. The number of amides is 1. The fraction of sp³-hybridized carbons (Fsp3) is 0.267. The Morgan fingerprint density at radius 2 is 1.72 bits per heavy atom. The van der Waals surface area contributed by atoms with E-state index in [1.54, 1.807) is 24.4 Å². The fourth-order valence-electron chi connectivity index (χ4n) is 4.06. The lowest BCUT2D eigenvalue weighted by Gasteiger charge is -2.19. The molecule has 9 nitrogen and oxygen atoms in total. The molecule has 1 heterocycles. The Kier molecular flexibility index (Phi) is 10.2. The molecule has 0 aliphatic carbocycles. The van der Waals surface area contributed by atoms with Gasteiger partial charge >= 0.3 is 0 Å². The van der Waals surface area contributed by atoms with Gasteiger partial charge < -0.3 is 35.4 Å². The predicted molar refractivity (Wildman–Crippen MR) is 148 cm³/mol. The molecule has 0 radical (unpaired) electrons. The van der Waals surface area contributed by atoms with Crippen molar-refractivity contribution in [3.8, 4) is 17.2 Å². The molecule has 2 atom stereocenters. The number of para-hydroxylation sites is 2. The van der Waals surface area contributed by atoms with Crippen LogP contribution in [-0.4, -0.2) is 71.3 Å². The number of fused-ring (bicyclic) bond motifs is 1. The first-order valence-electron chi connectivity index (χ1n) is 12.8. The number of carbonyl (C=O) groups is 1. The molecule has 0 aliphatic rings. The molecule has 1 amide bonds. The first-order chi connectivity index (χ1) is 19.1. The van der Waals surface area contributed by atoms with Gasteiger partial charge in [-0.05, 0) is 54.4 Å². The molecule has 3 aromatic carbocycles. The molecule has 9 heteroatoms. The van der Waals surface area contributed by atoms with E-state index in [2.05, 4.69) is 15.6 Å². The topological polar surface area (TPSA) is 133 Å². The molecule has 0 aliphatic heterocycles. The van der Waals surface area contributed by atoms with Crippen molar-refractivity contribution >= 4 is 16.8 Å². The lowest BCUT2D eigenvalue weighted by Crippen LogP contribution is -2.41. The third kappa shape index (κ3) is 7.98. The van der Waals surface area contributed by atoms with Gasteiger partial charge in [-0.1, -0.05) is 36.4 Å². The second-order valence-corrected chi connectivity index (χ2v) is 9.01. The molecule has 0 bridgehead atoms. The number of aliphatic hydroxyl groups is 3. The minimum Gasteiger partial charge on any atom is -0.491 e. The molecule has 0 saturated heterocycles. The van der Waals surface area contributed by atoms with Crippen LogP contribution in [0.25, 0.3) is 10.9 Å². The number of aliphatic hydroxyl groups excluding tert-OH is 3. The maximum absolute atomic E-state index is 12.5. The molecule has 1 aromatic heterocycles. The number of benzene rings is 3. The SMILES string of the molecule is O=C(NCCO)c1cccc2c(Oc3ccc(C[C@@H](CO)NC[C@H](O)COc4ccccc4)cc3)ccnc12. The van der Waals surface area contributed by atoms with Crippen LogP contribution in [0, 0.1) is 0 Å². The smallest absolute Gasteiger partial charge is 0.253 e. The standard InChI is InChI=1S/C30H33N3O6/c34-16-15-32-30(37)27-8-4-7-26-28(13-14-31-29(26)27)39-25-11-9-21(10-12-25)17-22(19-35)33-18-23(36)20-38-24-5-2-1-3-6-24/h1-14,22-23,33-36H,15-20H2,(H,32,37)/t22-,23-/m0/s1. The Morgan fingerprint density at radius 1 is 0.923 bits per heavy atom. The molecule has 204 valence electrons. The minimum atomic E-state index is -0.716. The van der Waals surface area contributed by atoms with Gasteiger partial charge in [0, 0.05) is 30.7 Å². The Morgan fingerprint density at radius 3 is 2.46 bits per heavy atom. The van der Waals surface area contributed by atoms with Crippen molar-refractivity contribution in [2.45, 2.75) is 18.6 Å². The van der Waals surface area contributed by atoms with E-state index in [0.29, 0.717) is 40.1 Å². The van der Waals surface area contributed by atoms with E-state index in [4.69, 9.17) is 14.6 Å². The van der Waals surface area contributed by atoms with Gasteiger partial charge in [0.1, 0.15) is 30.0 Å². The van der Waals surface area contributed by atoms with Gasteiger partial charge in [-0.2, -0.15) is 0 Å². The summed E-state index contributed by atoms with van der Waals surface area (Å²) < 4.78 is 11.7. The zero-order valence-electron chi connectivity index (χ0n) is 21.5. The highest BCUT2D eigenvalue weighted by atomic mass is 16.5. The van der Waals surface area contributed by atoms with Crippen LogP contribution in [0.2, 0.25) is 0 Å². The lowest BCUT2D eigenvalue weighted by atomic mass is 10.1. The number of hydrogen-bond donors (Lipinski definition) is 5. The van der Waals surface area contributed by atoms with Gasteiger partial charge in [-0.25, -0.2) is 0 Å². The van der Waals surface area contributed by atoms with Crippen LogP contribution in [0.5, 0.6) is 17.2 Å². The van der Waals surface area contributed by atoms with Crippen molar-refractivity contribution in [1.82, 2.24) is 15.6 Å². The number of carbonyl (C=O) groups excluding carboxylic acids is 1. The summed E-state index contributed by atoms with van der Waals surface area (Å²) in [4.78, 5) is 16.8. The average Bonchev–Trinajstić information content (AvgIpc) is 2.98. The van der Waals surface area contributed by atoms with Crippen molar-refractivity contribution in [2.24, 2.45) is 0 Å². The van der Waals surface area contributed by atoms with Crippen molar-refractivity contribution < 1.29 is 29.6 Å². The number of rotatable bonds is 14. The number of nitrogens with zero attached hydrogens (tertiary/aromatic N) is 1. The van der Waals surface area contributed by atoms with E-state index in [9.17, 15) is 15.0 Å². The van der Waals surface area contributed by atoms with Crippen LogP contribution < -0.4 is 20.1 Å². The first-order valence-corrected chi connectivity index (χ1v) is 12.8. The van der Waals surface area contributed by atoms with Crippen LogP contribution in [0.3, 0.4) is 0 Å². The summed E-state index contributed by atoms with van der Waals surface area (Å²) in [6.45, 7) is 0.374. The molecule has 0 saturated carbocycles. The molecule has 0 fully saturated rings. The fourth-order valence-corrected chi connectivity index (χ4v) is 4.06. The number of hydrogen-bond acceptors (Lipinski definition) is 8. The van der Waals surface area contributed by atoms with E-state index in [1.807, 2.05) is 60.7 Å². The third-order valence-corrected chi connectivity index (χ3v) is 6.05. The lowest BCUT2D eigenvalue weighted by molar-refractivity contribution is 0.0946. The van der Waals surface area contributed by atoms with Gasteiger partial charge in [-0.15, -0.1) is 0 Å². The Balaban J connectivity index is 1.33.